The lowest BCUT2D eigenvalue weighted by Crippen LogP contribution is -2.31. The van der Waals surface area contributed by atoms with E-state index < -0.39 is 0 Å². The van der Waals surface area contributed by atoms with Gasteiger partial charge >= 0.3 is 0 Å². The third kappa shape index (κ3) is 5.94. The smallest absolute Gasteiger partial charge is 0.274 e. The molecular weight excluding hydrogens is 414 g/mol. The highest BCUT2D eigenvalue weighted by Gasteiger charge is 2.24. The number of carbonyl (C=O) groups is 1. The fourth-order valence-corrected chi connectivity index (χ4v) is 4.21. The average Bonchev–Trinajstić information content (AvgIpc) is 3.33. The maximum atomic E-state index is 12.8. The van der Waals surface area contributed by atoms with Crippen LogP contribution in [0.5, 0.6) is 0 Å². The van der Waals surface area contributed by atoms with Gasteiger partial charge in [0.05, 0.1) is 5.69 Å². The first kappa shape index (κ1) is 22.9. The van der Waals surface area contributed by atoms with E-state index in [-0.39, 0.29) is 17.2 Å². The van der Waals surface area contributed by atoms with Crippen molar-refractivity contribution in [3.05, 3.63) is 94.4 Å². The van der Waals surface area contributed by atoms with Crippen LogP contribution < -0.4 is 16.4 Å². The molecule has 2 heterocycles. The number of benzene rings is 2. The summed E-state index contributed by atoms with van der Waals surface area (Å²) in [5.74, 6) is -0.174. The molecule has 1 aliphatic heterocycles. The van der Waals surface area contributed by atoms with Crippen molar-refractivity contribution in [1.29, 1.82) is 0 Å². The van der Waals surface area contributed by atoms with Crippen molar-refractivity contribution in [3.63, 3.8) is 0 Å². The number of hydrogen-bond acceptors (Lipinski definition) is 5. The molecule has 7 nitrogen and oxygen atoms in total. The molecule has 1 aromatic heterocycles. The van der Waals surface area contributed by atoms with Crippen molar-refractivity contribution in [2.75, 3.05) is 13.6 Å². The maximum absolute atomic E-state index is 12.8. The van der Waals surface area contributed by atoms with Gasteiger partial charge in [0.1, 0.15) is 5.69 Å². The first-order chi connectivity index (χ1) is 16.1. The van der Waals surface area contributed by atoms with Gasteiger partial charge in [0.25, 0.3) is 11.5 Å². The number of nitrogens with zero attached hydrogens (tertiary/aromatic N) is 3. The molecule has 1 saturated heterocycles. The normalized spacial score (nSPS) is 17.7. The van der Waals surface area contributed by atoms with E-state index >= 15 is 0 Å². The molecule has 1 amide bonds. The number of nitrogens with one attached hydrogen (secondary N) is 2. The fraction of sp³-hybridized carbons (Fsp3) is 0.346. The van der Waals surface area contributed by atoms with Gasteiger partial charge in [-0.3, -0.25) is 20.4 Å². The number of carbonyl (C=O) groups excluding carboxylic acids is 1. The highest BCUT2D eigenvalue weighted by atomic mass is 16.2. The van der Waals surface area contributed by atoms with Gasteiger partial charge in [-0.2, -0.15) is 9.78 Å². The standard InChI is InChI=1S/C26H31N5O2/c1-30(26(33)23-16-17-25(32)31(29-23)22-14-8-3-9-15-22)18-10-4-7-13-21-19-24(28-27-21)20-11-5-2-6-12-20/h2-3,5-6,8-9,11-12,14-17,21,24,27-28H,4,7,10,13,18-19H2,1H3. The Hall–Kier alpha value is -3.29. The molecule has 0 aliphatic carbocycles. The lowest BCUT2D eigenvalue weighted by Gasteiger charge is -2.17. The predicted molar refractivity (Wildman–Crippen MR) is 129 cm³/mol. The number of aromatic nitrogens is 2. The monoisotopic (exact) mass is 445 g/mol. The Bertz CT molecular complexity index is 1100. The van der Waals surface area contributed by atoms with Crippen molar-refractivity contribution in [3.8, 4) is 5.69 Å². The Labute approximate surface area is 194 Å². The van der Waals surface area contributed by atoms with E-state index in [0.29, 0.717) is 24.3 Å². The minimum atomic E-state index is -0.259. The van der Waals surface area contributed by atoms with Crippen LogP contribution in [0.1, 0.15) is 54.2 Å². The Morgan fingerprint density at radius 1 is 0.970 bits per heavy atom. The topological polar surface area (TPSA) is 79.3 Å². The second-order valence-electron chi connectivity index (χ2n) is 8.56. The second kappa shape index (κ2) is 11.0. The molecule has 2 aromatic carbocycles. The van der Waals surface area contributed by atoms with E-state index in [2.05, 4.69) is 40.2 Å². The van der Waals surface area contributed by atoms with E-state index in [1.54, 1.807) is 24.1 Å². The van der Waals surface area contributed by atoms with Crippen molar-refractivity contribution >= 4 is 5.91 Å². The van der Waals surface area contributed by atoms with Crippen LogP contribution in [0.2, 0.25) is 0 Å². The minimum Gasteiger partial charge on any atom is -0.340 e. The van der Waals surface area contributed by atoms with Gasteiger partial charge in [0.2, 0.25) is 0 Å². The van der Waals surface area contributed by atoms with Gasteiger partial charge in [-0.25, -0.2) is 0 Å². The van der Waals surface area contributed by atoms with E-state index in [1.165, 1.54) is 22.4 Å². The maximum Gasteiger partial charge on any atom is 0.274 e. The first-order valence-electron chi connectivity index (χ1n) is 11.6. The van der Waals surface area contributed by atoms with E-state index in [9.17, 15) is 9.59 Å². The fourth-order valence-electron chi connectivity index (χ4n) is 4.21. The highest BCUT2D eigenvalue weighted by molar-refractivity contribution is 5.91. The average molecular weight is 446 g/mol. The summed E-state index contributed by atoms with van der Waals surface area (Å²) in [6.45, 7) is 0.661. The van der Waals surface area contributed by atoms with E-state index in [0.717, 1.165) is 32.1 Å². The lowest BCUT2D eigenvalue weighted by molar-refractivity contribution is 0.0784. The largest absolute Gasteiger partial charge is 0.340 e. The Kier molecular flexibility index (Phi) is 7.65. The van der Waals surface area contributed by atoms with Crippen LogP contribution in [-0.4, -0.2) is 40.2 Å². The Balaban J connectivity index is 1.21. The minimum absolute atomic E-state index is 0.174. The summed E-state index contributed by atoms with van der Waals surface area (Å²) >= 11 is 0. The van der Waals surface area contributed by atoms with Gasteiger partial charge in [0, 0.05) is 31.7 Å². The zero-order chi connectivity index (χ0) is 23.0. The molecule has 2 atom stereocenters. The molecule has 4 rings (SSSR count). The van der Waals surface area contributed by atoms with Crippen LogP contribution in [0, 0.1) is 0 Å². The first-order valence-corrected chi connectivity index (χ1v) is 11.6. The van der Waals surface area contributed by atoms with Crippen LogP contribution in [-0.2, 0) is 0 Å². The molecule has 0 bridgehead atoms. The summed E-state index contributed by atoms with van der Waals surface area (Å²) in [6.07, 6.45) is 5.30. The zero-order valence-electron chi connectivity index (χ0n) is 19.0. The summed E-state index contributed by atoms with van der Waals surface area (Å²) in [5, 5.41) is 4.29. The molecule has 0 radical (unpaired) electrons. The molecular formula is C26H31N5O2. The van der Waals surface area contributed by atoms with Crippen molar-refractivity contribution in [1.82, 2.24) is 25.5 Å². The van der Waals surface area contributed by atoms with Crippen LogP contribution in [0.15, 0.2) is 77.6 Å². The number of unbranched alkanes of at least 4 members (excludes halogenated alkanes) is 2. The molecule has 2 unspecified atom stereocenters. The summed E-state index contributed by atoms with van der Waals surface area (Å²) in [7, 11) is 1.79. The third-order valence-electron chi connectivity index (χ3n) is 6.10. The van der Waals surface area contributed by atoms with Gasteiger partial charge in [-0.1, -0.05) is 61.4 Å². The molecule has 1 fully saturated rings. The predicted octanol–water partition coefficient (Wildman–Crippen LogP) is 3.47. The molecule has 3 aromatic rings. The Morgan fingerprint density at radius 2 is 1.70 bits per heavy atom. The van der Waals surface area contributed by atoms with Crippen LogP contribution in [0.3, 0.4) is 0 Å². The summed E-state index contributed by atoms with van der Waals surface area (Å²) < 4.78 is 1.27. The van der Waals surface area contributed by atoms with E-state index in [4.69, 9.17) is 0 Å². The Morgan fingerprint density at radius 3 is 2.45 bits per heavy atom. The molecule has 7 heteroatoms. The number of hydrogen-bond donors (Lipinski definition) is 2. The molecule has 0 spiro atoms. The number of amides is 1. The van der Waals surface area contributed by atoms with Gasteiger partial charge in [-0.05, 0) is 43.0 Å². The summed E-state index contributed by atoms with van der Waals surface area (Å²) in [5.41, 5.74) is 8.79. The van der Waals surface area contributed by atoms with Crippen molar-refractivity contribution in [2.45, 2.75) is 44.2 Å². The van der Waals surface area contributed by atoms with Crippen molar-refractivity contribution in [2.24, 2.45) is 0 Å². The quantitative estimate of drug-likeness (QED) is 0.493. The molecule has 33 heavy (non-hydrogen) atoms. The molecule has 0 saturated carbocycles. The summed E-state index contributed by atoms with van der Waals surface area (Å²) in [6, 6.07) is 23.4. The number of rotatable bonds is 9. The van der Waals surface area contributed by atoms with Crippen molar-refractivity contribution < 1.29 is 4.79 Å². The number of hydrazine groups is 1. The number of para-hydroxylation sites is 1. The molecule has 172 valence electrons. The van der Waals surface area contributed by atoms with Gasteiger partial charge < -0.3 is 4.90 Å². The lowest BCUT2D eigenvalue weighted by atomic mass is 9.99. The molecule has 1 aliphatic rings. The third-order valence-corrected chi connectivity index (χ3v) is 6.10. The second-order valence-corrected chi connectivity index (χ2v) is 8.56. The van der Waals surface area contributed by atoms with Gasteiger partial charge in [-0.15, -0.1) is 0 Å². The molecule has 2 N–H and O–H groups in total. The highest BCUT2D eigenvalue weighted by Crippen LogP contribution is 2.24. The van der Waals surface area contributed by atoms with Crippen LogP contribution in [0.25, 0.3) is 5.69 Å². The van der Waals surface area contributed by atoms with E-state index in [1.807, 2.05) is 24.3 Å². The zero-order valence-corrected chi connectivity index (χ0v) is 19.0. The van der Waals surface area contributed by atoms with Crippen LogP contribution in [0.4, 0.5) is 0 Å². The van der Waals surface area contributed by atoms with Crippen LogP contribution >= 0.6 is 0 Å². The SMILES string of the molecule is CN(CCCCCC1CC(c2ccccc2)NN1)C(=O)c1ccc(=O)n(-c2ccccc2)n1. The van der Waals surface area contributed by atoms with Gasteiger partial charge in [0.15, 0.2) is 0 Å². The summed E-state index contributed by atoms with van der Waals surface area (Å²) in [4.78, 5) is 26.7.